The van der Waals surface area contributed by atoms with Crippen LogP contribution in [-0.4, -0.2) is 20.5 Å². The second-order valence-corrected chi connectivity index (χ2v) is 5.40. The highest BCUT2D eigenvalue weighted by Crippen LogP contribution is 2.32. The summed E-state index contributed by atoms with van der Waals surface area (Å²) in [6.45, 7) is 2.23. The van der Waals surface area contributed by atoms with Crippen LogP contribution >= 0.6 is 11.8 Å². The normalized spacial score (nSPS) is 18.3. The monoisotopic (exact) mass is 245 g/mol. The third-order valence-corrected chi connectivity index (χ3v) is 4.30. The lowest BCUT2D eigenvalue weighted by Crippen LogP contribution is -2.08. The van der Waals surface area contributed by atoms with Crippen LogP contribution in [-0.2, 0) is 12.8 Å². The number of nitrogens with zero attached hydrogens (tertiary/aromatic N) is 3. The van der Waals surface area contributed by atoms with Crippen LogP contribution in [0.1, 0.15) is 24.4 Å². The zero-order valence-electron chi connectivity index (χ0n) is 9.84. The van der Waals surface area contributed by atoms with Crippen LogP contribution < -0.4 is 0 Å². The second kappa shape index (κ2) is 4.53. The van der Waals surface area contributed by atoms with Crippen molar-refractivity contribution in [3.05, 3.63) is 41.7 Å². The van der Waals surface area contributed by atoms with Crippen LogP contribution in [0.15, 0.2) is 35.5 Å². The van der Waals surface area contributed by atoms with Crippen LogP contribution in [0.4, 0.5) is 0 Å². The first-order valence-corrected chi connectivity index (χ1v) is 6.93. The Balaban J connectivity index is 1.74. The largest absolute Gasteiger partial charge is 0.302 e. The van der Waals surface area contributed by atoms with Crippen molar-refractivity contribution < 1.29 is 0 Å². The SMILES string of the molecule is C[C@H]1CSc2nnc(CCc3ccccc3)n21. The summed E-state index contributed by atoms with van der Waals surface area (Å²) in [5.74, 6) is 2.25. The third kappa shape index (κ3) is 2.09. The van der Waals surface area contributed by atoms with E-state index < -0.39 is 0 Å². The van der Waals surface area contributed by atoms with E-state index >= 15 is 0 Å². The number of hydrogen-bond acceptors (Lipinski definition) is 3. The van der Waals surface area contributed by atoms with Crippen molar-refractivity contribution in [2.75, 3.05) is 5.75 Å². The molecule has 4 heteroatoms. The number of fused-ring (bicyclic) bond motifs is 1. The summed E-state index contributed by atoms with van der Waals surface area (Å²) in [6, 6.07) is 11.1. The van der Waals surface area contributed by atoms with E-state index in [1.165, 1.54) is 5.56 Å². The topological polar surface area (TPSA) is 30.7 Å². The van der Waals surface area contributed by atoms with Crippen molar-refractivity contribution >= 4 is 11.8 Å². The molecule has 1 aliphatic heterocycles. The molecule has 0 unspecified atom stereocenters. The molecule has 1 aromatic carbocycles. The fraction of sp³-hybridized carbons (Fsp3) is 0.385. The molecule has 17 heavy (non-hydrogen) atoms. The van der Waals surface area contributed by atoms with E-state index in [2.05, 4.69) is 52.0 Å². The minimum absolute atomic E-state index is 0.538. The molecular formula is C13H15N3S. The van der Waals surface area contributed by atoms with Crippen LogP contribution in [0, 0.1) is 0 Å². The molecule has 3 rings (SSSR count). The molecule has 1 aliphatic rings. The Morgan fingerprint density at radius 3 is 2.88 bits per heavy atom. The van der Waals surface area contributed by atoms with Gasteiger partial charge >= 0.3 is 0 Å². The first-order valence-electron chi connectivity index (χ1n) is 5.95. The van der Waals surface area contributed by atoms with Gasteiger partial charge in [0.1, 0.15) is 5.82 Å². The fourth-order valence-corrected chi connectivity index (χ4v) is 3.25. The number of hydrogen-bond donors (Lipinski definition) is 0. The summed E-state index contributed by atoms with van der Waals surface area (Å²) in [6.07, 6.45) is 2.01. The van der Waals surface area contributed by atoms with Crippen LogP contribution in [0.5, 0.6) is 0 Å². The third-order valence-electron chi connectivity index (χ3n) is 3.11. The zero-order valence-corrected chi connectivity index (χ0v) is 10.7. The minimum Gasteiger partial charge on any atom is -0.302 e. The van der Waals surface area contributed by atoms with E-state index in [-0.39, 0.29) is 0 Å². The second-order valence-electron chi connectivity index (χ2n) is 4.41. The maximum atomic E-state index is 4.30. The first kappa shape index (κ1) is 10.8. The van der Waals surface area contributed by atoms with Gasteiger partial charge in [-0.15, -0.1) is 10.2 Å². The van der Waals surface area contributed by atoms with Crippen molar-refractivity contribution in [1.29, 1.82) is 0 Å². The summed E-state index contributed by atoms with van der Waals surface area (Å²) >= 11 is 1.81. The summed E-state index contributed by atoms with van der Waals surface area (Å²) in [4.78, 5) is 0. The summed E-state index contributed by atoms with van der Waals surface area (Å²) in [7, 11) is 0. The molecule has 0 aliphatic carbocycles. The molecule has 0 N–H and O–H groups in total. The van der Waals surface area contributed by atoms with Crippen molar-refractivity contribution in [1.82, 2.24) is 14.8 Å². The van der Waals surface area contributed by atoms with E-state index in [0.29, 0.717) is 6.04 Å². The van der Waals surface area contributed by atoms with Crippen molar-refractivity contribution in [2.45, 2.75) is 31.0 Å². The molecule has 1 aromatic heterocycles. The smallest absolute Gasteiger partial charge is 0.191 e. The molecule has 1 atom stereocenters. The predicted molar refractivity (Wildman–Crippen MR) is 69.3 cm³/mol. The number of aryl methyl sites for hydroxylation is 2. The zero-order chi connectivity index (χ0) is 11.7. The van der Waals surface area contributed by atoms with Crippen LogP contribution in [0.2, 0.25) is 0 Å². The van der Waals surface area contributed by atoms with Crippen molar-refractivity contribution in [3.63, 3.8) is 0 Å². The molecular weight excluding hydrogens is 230 g/mol. The van der Waals surface area contributed by atoms with Gasteiger partial charge in [-0.1, -0.05) is 42.1 Å². The molecule has 88 valence electrons. The van der Waals surface area contributed by atoms with Gasteiger partial charge in [-0.05, 0) is 18.9 Å². The van der Waals surface area contributed by atoms with Gasteiger partial charge < -0.3 is 4.57 Å². The molecule has 0 bridgehead atoms. The van der Waals surface area contributed by atoms with Gasteiger partial charge in [0.25, 0.3) is 0 Å². The van der Waals surface area contributed by atoms with Crippen molar-refractivity contribution in [2.24, 2.45) is 0 Å². The lowest BCUT2D eigenvalue weighted by molar-refractivity contribution is 0.553. The van der Waals surface area contributed by atoms with E-state index in [4.69, 9.17) is 0 Å². The fourth-order valence-electron chi connectivity index (χ4n) is 2.19. The van der Waals surface area contributed by atoms with Crippen molar-refractivity contribution in [3.8, 4) is 0 Å². The van der Waals surface area contributed by atoms with Gasteiger partial charge in [0, 0.05) is 18.2 Å². The Morgan fingerprint density at radius 2 is 2.06 bits per heavy atom. The molecule has 0 spiro atoms. The molecule has 3 nitrogen and oxygen atoms in total. The standard InChI is InChI=1S/C13H15N3S/c1-10-9-17-13-15-14-12(16(10)13)8-7-11-5-3-2-4-6-11/h2-6,10H,7-9H2,1H3/t10-/m0/s1. The lowest BCUT2D eigenvalue weighted by Gasteiger charge is -2.08. The highest BCUT2D eigenvalue weighted by atomic mass is 32.2. The first-order chi connectivity index (χ1) is 8.34. The van der Waals surface area contributed by atoms with Gasteiger partial charge in [0.15, 0.2) is 5.16 Å². The van der Waals surface area contributed by atoms with Crippen LogP contribution in [0.3, 0.4) is 0 Å². The van der Waals surface area contributed by atoms with Gasteiger partial charge in [-0.25, -0.2) is 0 Å². The van der Waals surface area contributed by atoms with Gasteiger partial charge in [-0.2, -0.15) is 0 Å². The summed E-state index contributed by atoms with van der Waals surface area (Å²) in [5.41, 5.74) is 1.36. The number of rotatable bonds is 3. The molecule has 0 saturated heterocycles. The molecule has 2 heterocycles. The van der Waals surface area contributed by atoms with E-state index in [9.17, 15) is 0 Å². The Labute approximate surface area is 105 Å². The van der Waals surface area contributed by atoms with Gasteiger partial charge in [0.05, 0.1) is 0 Å². The predicted octanol–water partition coefficient (Wildman–Crippen LogP) is 2.73. The maximum absolute atomic E-state index is 4.30. The van der Waals surface area contributed by atoms with E-state index in [1.54, 1.807) is 0 Å². The van der Waals surface area contributed by atoms with Crippen LogP contribution in [0.25, 0.3) is 0 Å². The average molecular weight is 245 g/mol. The number of aromatic nitrogens is 3. The highest BCUT2D eigenvalue weighted by molar-refractivity contribution is 7.99. The number of benzene rings is 1. The lowest BCUT2D eigenvalue weighted by atomic mass is 10.1. The molecule has 0 radical (unpaired) electrons. The Bertz CT molecular complexity index is 507. The van der Waals surface area contributed by atoms with Gasteiger partial charge in [-0.3, -0.25) is 0 Å². The highest BCUT2D eigenvalue weighted by Gasteiger charge is 2.23. The molecule has 0 saturated carbocycles. The average Bonchev–Trinajstić information content (AvgIpc) is 2.92. The quantitative estimate of drug-likeness (QED) is 0.833. The van der Waals surface area contributed by atoms with Gasteiger partial charge in [0.2, 0.25) is 0 Å². The summed E-state index contributed by atoms with van der Waals surface area (Å²) < 4.78 is 2.29. The minimum atomic E-state index is 0.538. The van der Waals surface area contributed by atoms with E-state index in [1.807, 2.05) is 11.8 Å². The molecule has 0 fully saturated rings. The summed E-state index contributed by atoms with van der Waals surface area (Å²) in [5, 5.41) is 9.61. The maximum Gasteiger partial charge on any atom is 0.191 e. The Hall–Kier alpha value is -1.29. The number of thioether (sulfide) groups is 1. The Kier molecular flexibility index (Phi) is 2.89. The molecule has 0 amide bonds. The van der Waals surface area contributed by atoms with E-state index in [0.717, 1.165) is 29.6 Å². The Morgan fingerprint density at radius 1 is 1.24 bits per heavy atom. The molecule has 2 aromatic rings.